The fourth-order valence-corrected chi connectivity index (χ4v) is 4.48. The molecule has 4 rings (SSSR count). The van der Waals surface area contributed by atoms with Gasteiger partial charge in [0, 0.05) is 44.1 Å². The normalized spacial score (nSPS) is 17.4. The summed E-state index contributed by atoms with van der Waals surface area (Å²) in [5, 5.41) is 14.6. The molecule has 154 valence electrons. The van der Waals surface area contributed by atoms with Crippen LogP contribution in [-0.4, -0.2) is 63.6 Å². The highest BCUT2D eigenvalue weighted by Crippen LogP contribution is 2.30. The molecule has 0 spiro atoms. The number of nitrogens with two attached hydrogens (primary N) is 1. The predicted octanol–water partition coefficient (Wildman–Crippen LogP) is 0.751. The number of aromatic hydroxyl groups is 1. The molecule has 8 nitrogen and oxygen atoms in total. The molecule has 2 aliphatic rings. The zero-order chi connectivity index (χ0) is 20.6. The van der Waals surface area contributed by atoms with Crippen molar-refractivity contribution in [3.63, 3.8) is 0 Å². The zero-order valence-corrected chi connectivity index (χ0v) is 16.8. The number of phenolic OH excluding ortho intramolecular Hbond substituents is 1. The van der Waals surface area contributed by atoms with E-state index in [1.165, 1.54) is 6.07 Å². The second-order valence-corrected chi connectivity index (χ2v) is 8.97. The van der Waals surface area contributed by atoms with E-state index in [2.05, 4.69) is 9.80 Å². The molecule has 2 aromatic carbocycles. The van der Waals surface area contributed by atoms with Gasteiger partial charge in [0.1, 0.15) is 5.75 Å². The van der Waals surface area contributed by atoms with Gasteiger partial charge in [0.2, 0.25) is 15.9 Å². The number of fused-ring (bicyclic) bond motifs is 1. The molecule has 0 unspecified atom stereocenters. The number of hydrogen-bond donors (Lipinski definition) is 2. The quantitative estimate of drug-likeness (QED) is 0.762. The summed E-state index contributed by atoms with van der Waals surface area (Å²) < 4.78 is 23.1. The van der Waals surface area contributed by atoms with E-state index in [0.29, 0.717) is 19.5 Å². The molecule has 0 bridgehead atoms. The van der Waals surface area contributed by atoms with Crippen LogP contribution in [0, 0.1) is 0 Å². The molecule has 1 amide bonds. The van der Waals surface area contributed by atoms with Gasteiger partial charge in [0.25, 0.3) is 0 Å². The Bertz CT molecular complexity index is 1020. The fourth-order valence-electron chi connectivity index (χ4n) is 3.92. The van der Waals surface area contributed by atoms with Crippen molar-refractivity contribution >= 4 is 27.3 Å². The molecule has 29 heavy (non-hydrogen) atoms. The van der Waals surface area contributed by atoms with Crippen molar-refractivity contribution in [3.8, 4) is 5.75 Å². The third kappa shape index (κ3) is 4.21. The Balaban J connectivity index is 1.36. The van der Waals surface area contributed by atoms with Crippen LogP contribution in [0.15, 0.2) is 47.4 Å². The van der Waals surface area contributed by atoms with Crippen LogP contribution in [0.4, 0.5) is 11.4 Å². The van der Waals surface area contributed by atoms with E-state index in [-0.39, 0.29) is 16.6 Å². The van der Waals surface area contributed by atoms with Gasteiger partial charge in [-0.1, -0.05) is 0 Å². The van der Waals surface area contributed by atoms with Crippen molar-refractivity contribution in [2.75, 3.05) is 49.1 Å². The second-order valence-electron chi connectivity index (χ2n) is 7.41. The summed E-state index contributed by atoms with van der Waals surface area (Å²) in [6.45, 7) is 4.06. The molecular formula is C20H24N4O4S. The number of benzene rings is 2. The van der Waals surface area contributed by atoms with E-state index in [9.17, 15) is 18.3 Å². The van der Waals surface area contributed by atoms with E-state index < -0.39 is 10.0 Å². The van der Waals surface area contributed by atoms with Crippen LogP contribution in [0.5, 0.6) is 5.75 Å². The molecule has 2 aromatic rings. The molecule has 2 aliphatic heterocycles. The van der Waals surface area contributed by atoms with Crippen molar-refractivity contribution in [2.45, 2.75) is 11.3 Å². The summed E-state index contributed by atoms with van der Waals surface area (Å²) >= 11 is 0. The van der Waals surface area contributed by atoms with Crippen LogP contribution in [0.3, 0.4) is 0 Å². The maximum absolute atomic E-state index is 12.8. The number of nitrogens with zero attached hydrogens (tertiary/aromatic N) is 3. The van der Waals surface area contributed by atoms with Crippen LogP contribution in [0.1, 0.15) is 5.56 Å². The highest BCUT2D eigenvalue weighted by Gasteiger charge is 2.28. The number of rotatable bonds is 4. The molecule has 1 fully saturated rings. The molecule has 0 aliphatic carbocycles. The second kappa shape index (κ2) is 7.66. The Hall–Kier alpha value is -2.62. The molecule has 0 radical (unpaired) electrons. The van der Waals surface area contributed by atoms with Gasteiger partial charge >= 0.3 is 0 Å². The average Bonchev–Trinajstić information content (AvgIpc) is 3.12. The number of hydrogen-bond acceptors (Lipinski definition) is 6. The summed E-state index contributed by atoms with van der Waals surface area (Å²) in [7, 11) is -3.75. The number of sulfonamides is 1. The Labute approximate surface area is 170 Å². The van der Waals surface area contributed by atoms with Gasteiger partial charge in [-0.25, -0.2) is 13.6 Å². The maximum Gasteiger partial charge on any atom is 0.241 e. The van der Waals surface area contributed by atoms with Gasteiger partial charge < -0.3 is 14.9 Å². The molecule has 0 saturated carbocycles. The van der Waals surface area contributed by atoms with Gasteiger partial charge in [-0.05, 0) is 54.4 Å². The van der Waals surface area contributed by atoms with Crippen LogP contribution >= 0.6 is 0 Å². The van der Waals surface area contributed by atoms with Crippen LogP contribution in [0.25, 0.3) is 0 Å². The fraction of sp³-hybridized carbons (Fsp3) is 0.350. The lowest BCUT2D eigenvalue weighted by molar-refractivity contribution is -0.119. The summed E-state index contributed by atoms with van der Waals surface area (Å²) in [6.07, 6.45) is 0.624. The maximum atomic E-state index is 12.8. The van der Waals surface area contributed by atoms with Gasteiger partial charge in [-0.15, -0.1) is 0 Å². The molecule has 0 aromatic heterocycles. The monoisotopic (exact) mass is 416 g/mol. The highest BCUT2D eigenvalue weighted by atomic mass is 32.2. The molecule has 1 saturated heterocycles. The highest BCUT2D eigenvalue weighted by molar-refractivity contribution is 7.89. The van der Waals surface area contributed by atoms with Crippen molar-refractivity contribution in [3.05, 3.63) is 48.0 Å². The van der Waals surface area contributed by atoms with E-state index in [0.717, 1.165) is 43.1 Å². The van der Waals surface area contributed by atoms with Gasteiger partial charge in [0.05, 0.1) is 11.4 Å². The van der Waals surface area contributed by atoms with Crippen molar-refractivity contribution in [1.82, 2.24) is 4.90 Å². The lowest BCUT2D eigenvalue weighted by Crippen LogP contribution is -2.50. The first kappa shape index (κ1) is 19.7. The Morgan fingerprint density at radius 1 is 1.00 bits per heavy atom. The zero-order valence-electron chi connectivity index (χ0n) is 16.0. The van der Waals surface area contributed by atoms with Crippen LogP contribution in [0.2, 0.25) is 0 Å². The van der Waals surface area contributed by atoms with Crippen molar-refractivity contribution in [2.24, 2.45) is 5.14 Å². The Kier molecular flexibility index (Phi) is 5.20. The topological polar surface area (TPSA) is 107 Å². The Morgan fingerprint density at radius 3 is 2.34 bits per heavy atom. The SMILES string of the molecule is NS(=O)(=O)c1ccc2c(c1)CCN2C(=O)CN1CCN(c2ccc(O)cc2)CC1. The lowest BCUT2D eigenvalue weighted by atomic mass is 10.2. The smallest absolute Gasteiger partial charge is 0.241 e. The average molecular weight is 417 g/mol. The number of primary sulfonamides is 1. The van der Waals surface area contributed by atoms with Gasteiger partial charge in [0.15, 0.2) is 0 Å². The number of carbonyl (C=O) groups excluding carboxylic acids is 1. The summed E-state index contributed by atoms with van der Waals surface area (Å²) in [5.74, 6) is 0.269. The van der Waals surface area contributed by atoms with E-state index >= 15 is 0 Å². The van der Waals surface area contributed by atoms with E-state index in [1.54, 1.807) is 29.2 Å². The largest absolute Gasteiger partial charge is 0.508 e. The minimum atomic E-state index is -3.75. The van der Waals surface area contributed by atoms with Gasteiger partial charge in [-0.2, -0.15) is 0 Å². The third-order valence-electron chi connectivity index (χ3n) is 5.52. The van der Waals surface area contributed by atoms with E-state index in [1.807, 2.05) is 12.1 Å². The number of phenols is 1. The van der Waals surface area contributed by atoms with Crippen molar-refractivity contribution < 1.29 is 18.3 Å². The first-order valence-corrected chi connectivity index (χ1v) is 11.1. The first-order valence-electron chi connectivity index (χ1n) is 9.54. The van der Waals surface area contributed by atoms with Crippen LogP contribution in [-0.2, 0) is 21.2 Å². The summed E-state index contributed by atoms with van der Waals surface area (Å²) in [5.41, 5.74) is 2.67. The standard InChI is InChI=1S/C20H24N4O4S/c21-29(27,28)18-5-6-19-15(13-18)7-8-24(19)20(26)14-22-9-11-23(12-10-22)16-1-3-17(25)4-2-16/h1-6,13,25H,7-12,14H2,(H2,21,27,28). The molecule has 3 N–H and O–H groups in total. The Morgan fingerprint density at radius 2 is 1.69 bits per heavy atom. The van der Waals surface area contributed by atoms with Crippen molar-refractivity contribution in [1.29, 1.82) is 0 Å². The third-order valence-corrected chi connectivity index (χ3v) is 6.43. The minimum Gasteiger partial charge on any atom is -0.508 e. The molecular weight excluding hydrogens is 392 g/mol. The number of amides is 1. The number of anilines is 2. The minimum absolute atomic E-state index is 0.0187. The first-order chi connectivity index (χ1) is 13.8. The predicted molar refractivity (Wildman–Crippen MR) is 111 cm³/mol. The molecule has 0 atom stereocenters. The van der Waals surface area contributed by atoms with Crippen LogP contribution < -0.4 is 14.9 Å². The summed E-state index contributed by atoms with van der Waals surface area (Å²) in [6, 6.07) is 11.8. The number of piperazine rings is 1. The van der Waals surface area contributed by atoms with E-state index in [4.69, 9.17) is 5.14 Å². The lowest BCUT2D eigenvalue weighted by Gasteiger charge is -2.36. The van der Waals surface area contributed by atoms with Gasteiger partial charge in [-0.3, -0.25) is 9.69 Å². The molecule has 9 heteroatoms. The number of carbonyl (C=O) groups is 1. The molecule has 2 heterocycles. The summed E-state index contributed by atoms with van der Waals surface area (Å²) in [4.78, 5) is 19.0.